The second kappa shape index (κ2) is 2.70. The van der Waals surface area contributed by atoms with Crippen molar-refractivity contribution in [3.63, 3.8) is 0 Å². The highest BCUT2D eigenvalue weighted by Crippen LogP contribution is 3.01. The second-order valence-corrected chi connectivity index (χ2v) is 10.5. The van der Waals surface area contributed by atoms with E-state index in [4.69, 9.17) is 31.0 Å². The summed E-state index contributed by atoms with van der Waals surface area (Å²) in [4.78, 5) is 0. The van der Waals surface area contributed by atoms with Crippen LogP contribution in [0, 0.1) is 35.5 Å². The lowest BCUT2D eigenvalue weighted by atomic mass is 9.03. The number of thiol groups is 2. The zero-order valence-corrected chi connectivity index (χ0v) is 13.7. The topological polar surface area (TPSA) is 46.2 Å². The third kappa shape index (κ3) is 0.644. The summed E-state index contributed by atoms with van der Waals surface area (Å²) in [6.07, 6.45) is 2.41. The minimum absolute atomic E-state index is 0.00589. The molecule has 6 rings (SSSR count). The van der Waals surface area contributed by atoms with E-state index >= 15 is 0 Å². The van der Waals surface area contributed by atoms with E-state index in [-0.39, 0.29) is 15.4 Å². The van der Waals surface area contributed by atoms with Gasteiger partial charge in [0.05, 0.1) is 5.60 Å². The highest BCUT2D eigenvalue weighted by molar-refractivity contribution is 7.82. The molecule has 12 atom stereocenters. The van der Waals surface area contributed by atoms with E-state index in [9.17, 15) is 5.11 Å². The van der Waals surface area contributed by atoms with Gasteiger partial charge in [0.15, 0.2) is 0 Å². The Kier molecular flexibility index (Phi) is 1.65. The first-order chi connectivity index (χ1) is 9.27. The van der Waals surface area contributed by atoms with Crippen LogP contribution < -0.4 is 5.73 Å². The van der Waals surface area contributed by atoms with Crippen LogP contribution in [0.2, 0.25) is 10.6 Å². The summed E-state index contributed by atoms with van der Waals surface area (Å²) in [7, 11) is 4.63. The molecule has 6 aliphatic rings. The summed E-state index contributed by atoms with van der Waals surface area (Å²) in [6, 6.07) is 0.353. The summed E-state index contributed by atoms with van der Waals surface area (Å²) in [5.41, 5.74) is 5.70. The van der Waals surface area contributed by atoms with Gasteiger partial charge in [-0.05, 0) is 59.0 Å². The van der Waals surface area contributed by atoms with Gasteiger partial charge in [0.2, 0.25) is 0 Å². The first kappa shape index (κ1) is 12.2. The predicted molar refractivity (Wildman–Crippen MR) is 90.1 cm³/mol. The summed E-state index contributed by atoms with van der Waals surface area (Å²) < 4.78 is -0.179. The molecule has 0 saturated heterocycles. The Morgan fingerprint density at radius 3 is 2.35 bits per heavy atom. The minimum Gasteiger partial charge on any atom is -0.388 e. The van der Waals surface area contributed by atoms with Gasteiger partial charge in [0, 0.05) is 16.0 Å². The van der Waals surface area contributed by atoms with E-state index in [1.54, 1.807) is 0 Å². The van der Waals surface area contributed by atoms with Crippen LogP contribution in [-0.4, -0.2) is 42.4 Å². The average Bonchev–Trinajstić information content (AvgIpc) is 2.40. The zero-order chi connectivity index (χ0) is 14.0. The van der Waals surface area contributed by atoms with Crippen molar-refractivity contribution in [1.29, 1.82) is 0 Å². The third-order valence-electron chi connectivity index (χ3n) is 9.65. The SMILES string of the molecule is BC12C(S)CC1C1C3C4C5CC(N)C5C4(B)C3(S)C12O. The number of fused-ring (bicyclic) bond motifs is 13. The maximum absolute atomic E-state index is 11.6. The Morgan fingerprint density at radius 1 is 1.05 bits per heavy atom. The number of nitrogens with two attached hydrogens (primary N) is 1. The molecule has 12 unspecified atom stereocenters. The van der Waals surface area contributed by atoms with Crippen LogP contribution in [-0.2, 0) is 0 Å². The van der Waals surface area contributed by atoms with Crippen molar-refractivity contribution in [2.45, 2.75) is 45.1 Å². The fourth-order valence-corrected chi connectivity index (χ4v) is 10.5. The Hall–Kier alpha value is 0.750. The van der Waals surface area contributed by atoms with Gasteiger partial charge in [-0.25, -0.2) is 0 Å². The smallest absolute Gasteiger partial charge is 0.115 e. The quantitative estimate of drug-likeness (QED) is 0.268. The molecule has 3 N–H and O–H groups in total. The Bertz CT molecular complexity index is 594. The van der Waals surface area contributed by atoms with Crippen LogP contribution in [0.25, 0.3) is 0 Å². The van der Waals surface area contributed by atoms with Crippen molar-refractivity contribution in [2.24, 2.45) is 41.2 Å². The van der Waals surface area contributed by atoms with Crippen LogP contribution in [0.4, 0.5) is 0 Å². The molecule has 20 heavy (non-hydrogen) atoms. The molecule has 0 radical (unpaired) electrons. The van der Waals surface area contributed by atoms with Crippen LogP contribution in [0.15, 0.2) is 0 Å². The molecule has 6 heteroatoms. The number of aliphatic hydroxyl groups is 1. The van der Waals surface area contributed by atoms with E-state index < -0.39 is 5.60 Å². The molecule has 2 nitrogen and oxygen atoms in total. The van der Waals surface area contributed by atoms with E-state index in [0.717, 1.165) is 11.8 Å². The van der Waals surface area contributed by atoms with Crippen LogP contribution >= 0.6 is 25.3 Å². The van der Waals surface area contributed by atoms with Gasteiger partial charge in [-0.3, -0.25) is 0 Å². The van der Waals surface area contributed by atoms with Gasteiger partial charge >= 0.3 is 0 Å². The molecule has 0 bridgehead atoms. The summed E-state index contributed by atoms with van der Waals surface area (Å²) >= 11 is 9.91. The molecule has 0 heterocycles. The highest BCUT2D eigenvalue weighted by Gasteiger charge is 3.02. The number of rotatable bonds is 0. The Labute approximate surface area is 132 Å². The molecule has 0 aliphatic heterocycles. The van der Waals surface area contributed by atoms with Crippen molar-refractivity contribution in [1.82, 2.24) is 0 Å². The molecule has 6 aliphatic carbocycles. The third-order valence-corrected chi connectivity index (χ3v) is 11.5. The van der Waals surface area contributed by atoms with Crippen LogP contribution in [0.5, 0.6) is 0 Å². The molecule has 6 saturated carbocycles. The largest absolute Gasteiger partial charge is 0.388 e. The fraction of sp³-hybridized carbons (Fsp3) is 1.00. The lowest BCUT2D eigenvalue weighted by Gasteiger charge is -3.01. The van der Waals surface area contributed by atoms with Gasteiger partial charge in [0.25, 0.3) is 0 Å². The lowest BCUT2D eigenvalue weighted by Crippen LogP contribution is -3.04. The number of hydrogen-bond acceptors (Lipinski definition) is 4. The molecule has 0 aromatic carbocycles. The van der Waals surface area contributed by atoms with Gasteiger partial charge in [0.1, 0.15) is 15.7 Å². The van der Waals surface area contributed by atoms with Crippen LogP contribution in [0.1, 0.15) is 12.8 Å². The van der Waals surface area contributed by atoms with E-state index in [2.05, 4.69) is 15.7 Å². The first-order valence-corrected chi connectivity index (χ1v) is 9.12. The summed E-state index contributed by atoms with van der Waals surface area (Å²) in [5, 5.41) is 12.1. The molecule has 0 aromatic rings. The Balaban J connectivity index is 1.48. The van der Waals surface area contributed by atoms with Gasteiger partial charge in [-0.1, -0.05) is 0 Å². The average molecular weight is 305 g/mol. The van der Waals surface area contributed by atoms with Crippen molar-refractivity contribution in [3.8, 4) is 0 Å². The monoisotopic (exact) mass is 305 g/mol. The fourth-order valence-electron chi connectivity index (χ4n) is 8.86. The predicted octanol–water partition coefficient (Wildman–Crippen LogP) is -0.846. The number of hydrogen-bond donors (Lipinski definition) is 4. The van der Waals surface area contributed by atoms with Crippen molar-refractivity contribution >= 4 is 41.0 Å². The van der Waals surface area contributed by atoms with Gasteiger partial charge in [-0.15, -0.1) is 0 Å². The van der Waals surface area contributed by atoms with Crippen molar-refractivity contribution in [3.05, 3.63) is 0 Å². The van der Waals surface area contributed by atoms with Gasteiger partial charge < -0.3 is 10.8 Å². The van der Waals surface area contributed by atoms with E-state index in [0.29, 0.717) is 35.0 Å². The minimum atomic E-state index is -0.575. The molecule has 106 valence electrons. The Morgan fingerprint density at radius 2 is 1.75 bits per heavy atom. The standard InChI is InChI=1S/C14H21B2NOS2/c15-11-4(2-6(11)19)9-10-8-3-1-5(17)7(3)12(8,16)14(10,20)13(9,11)18/h3-10,18-20H,1-2,15-17H2. The summed E-state index contributed by atoms with van der Waals surface area (Å²) in [6.45, 7) is 0. The van der Waals surface area contributed by atoms with Crippen molar-refractivity contribution < 1.29 is 5.11 Å². The second-order valence-electron chi connectivity index (χ2n) is 9.12. The summed E-state index contributed by atoms with van der Waals surface area (Å²) in [5.74, 6) is 4.16. The molecular formula is C14H21B2NOS2. The first-order valence-electron chi connectivity index (χ1n) is 8.15. The van der Waals surface area contributed by atoms with E-state index in [1.165, 1.54) is 12.8 Å². The maximum atomic E-state index is 11.6. The normalized spacial score (nSPS) is 84.8. The van der Waals surface area contributed by atoms with Crippen LogP contribution in [0.3, 0.4) is 0 Å². The van der Waals surface area contributed by atoms with E-state index in [1.807, 2.05) is 0 Å². The molecule has 0 aromatic heterocycles. The van der Waals surface area contributed by atoms with Gasteiger partial charge in [-0.2, -0.15) is 25.3 Å². The van der Waals surface area contributed by atoms with Crippen molar-refractivity contribution in [2.75, 3.05) is 0 Å². The zero-order valence-electron chi connectivity index (χ0n) is 12.0. The highest BCUT2D eigenvalue weighted by atomic mass is 32.1. The molecule has 6 fully saturated rings. The molecule has 0 amide bonds. The maximum Gasteiger partial charge on any atom is 0.115 e. The molecule has 0 spiro atoms. The lowest BCUT2D eigenvalue weighted by molar-refractivity contribution is -0.437. The molecular weight excluding hydrogens is 284 g/mol.